The quantitative estimate of drug-likeness (QED) is 0.445. The monoisotopic (exact) mass is 360 g/mol. The average molecular weight is 360 g/mol. The average Bonchev–Trinajstić information content (AvgIpc) is 2.99. The van der Waals surface area contributed by atoms with Crippen LogP contribution < -0.4 is 5.56 Å². The van der Waals surface area contributed by atoms with E-state index in [-0.39, 0.29) is 11.2 Å². The van der Waals surface area contributed by atoms with Gasteiger partial charge in [-0.25, -0.2) is 9.50 Å². The van der Waals surface area contributed by atoms with Gasteiger partial charge in [0.05, 0.1) is 10.6 Å². The molecule has 0 aliphatic rings. The van der Waals surface area contributed by atoms with Crippen LogP contribution in [0.5, 0.6) is 0 Å². The molecule has 0 saturated carbocycles. The van der Waals surface area contributed by atoms with E-state index in [2.05, 4.69) is 10.1 Å². The zero-order valence-electron chi connectivity index (χ0n) is 14.5. The lowest BCUT2D eigenvalue weighted by Crippen LogP contribution is -2.14. The molecule has 0 saturated heterocycles. The van der Waals surface area contributed by atoms with Crippen molar-refractivity contribution in [1.29, 1.82) is 0 Å². The highest BCUT2D eigenvalue weighted by Gasteiger charge is 2.14. The highest BCUT2D eigenvalue weighted by atomic mass is 16.6. The summed E-state index contributed by atoms with van der Waals surface area (Å²) in [6, 6.07) is 17.4. The van der Waals surface area contributed by atoms with E-state index in [0.717, 1.165) is 16.8 Å². The van der Waals surface area contributed by atoms with Gasteiger partial charge in [-0.15, -0.1) is 0 Å². The van der Waals surface area contributed by atoms with Crippen LogP contribution >= 0.6 is 0 Å². The van der Waals surface area contributed by atoms with E-state index in [0.29, 0.717) is 23.3 Å². The maximum absolute atomic E-state index is 12.5. The summed E-state index contributed by atoms with van der Waals surface area (Å²) in [5.41, 5.74) is 4.44. The van der Waals surface area contributed by atoms with E-state index >= 15 is 0 Å². The topological polar surface area (TPSA) is 93.3 Å². The number of nitrogens with one attached hydrogen (secondary N) is 1. The van der Waals surface area contributed by atoms with E-state index in [1.165, 1.54) is 22.7 Å². The van der Waals surface area contributed by atoms with Crippen molar-refractivity contribution in [2.24, 2.45) is 0 Å². The molecule has 0 bridgehead atoms. The fourth-order valence-corrected chi connectivity index (χ4v) is 3.07. The maximum Gasteiger partial charge on any atom is 0.273 e. The molecule has 2 heterocycles. The third-order valence-electron chi connectivity index (χ3n) is 4.55. The number of nitrogens with zero attached hydrogens (tertiary/aromatic N) is 3. The smallest absolute Gasteiger partial charge is 0.273 e. The summed E-state index contributed by atoms with van der Waals surface area (Å²) in [5.74, 6) is 0. The lowest BCUT2D eigenvalue weighted by Gasteiger charge is -2.01. The van der Waals surface area contributed by atoms with Crippen LogP contribution in [0.2, 0.25) is 0 Å². The first kappa shape index (κ1) is 16.7. The molecule has 7 nitrogen and oxygen atoms in total. The first-order valence-electron chi connectivity index (χ1n) is 8.43. The fraction of sp³-hybridized carbons (Fsp3) is 0.100. The zero-order valence-corrected chi connectivity index (χ0v) is 14.5. The van der Waals surface area contributed by atoms with Gasteiger partial charge in [-0.2, -0.15) is 0 Å². The Morgan fingerprint density at radius 2 is 1.81 bits per heavy atom. The molecule has 0 fully saturated rings. The Hall–Kier alpha value is -3.74. The number of aromatic amines is 1. The van der Waals surface area contributed by atoms with E-state index in [4.69, 9.17) is 0 Å². The Morgan fingerprint density at radius 3 is 2.48 bits per heavy atom. The molecule has 4 rings (SSSR count). The minimum atomic E-state index is -0.457. The largest absolute Gasteiger partial charge is 0.293 e. The Morgan fingerprint density at radius 1 is 1.11 bits per heavy atom. The minimum Gasteiger partial charge on any atom is -0.293 e. The summed E-state index contributed by atoms with van der Waals surface area (Å²) in [6.45, 7) is 1.93. The van der Waals surface area contributed by atoms with E-state index < -0.39 is 4.92 Å². The summed E-state index contributed by atoms with van der Waals surface area (Å²) >= 11 is 0. The Labute approximate surface area is 154 Å². The first-order chi connectivity index (χ1) is 13.0. The van der Waals surface area contributed by atoms with Crippen LogP contribution in [0.3, 0.4) is 0 Å². The van der Waals surface area contributed by atoms with E-state index in [1.807, 2.05) is 37.3 Å². The van der Waals surface area contributed by atoms with Crippen LogP contribution in [0.15, 0.2) is 65.5 Å². The number of rotatable bonds is 4. The number of hydrogen-bond donors (Lipinski definition) is 1. The van der Waals surface area contributed by atoms with Gasteiger partial charge in [0, 0.05) is 41.4 Å². The van der Waals surface area contributed by atoms with Crippen molar-refractivity contribution in [3.05, 3.63) is 98.0 Å². The van der Waals surface area contributed by atoms with Crippen LogP contribution in [0.4, 0.5) is 5.69 Å². The predicted molar refractivity (Wildman–Crippen MR) is 102 cm³/mol. The Kier molecular flexibility index (Phi) is 4.04. The van der Waals surface area contributed by atoms with Gasteiger partial charge in [-0.1, -0.05) is 30.3 Å². The summed E-state index contributed by atoms with van der Waals surface area (Å²) in [5, 5.41) is 13.9. The molecule has 0 atom stereocenters. The van der Waals surface area contributed by atoms with Crippen LogP contribution in [-0.2, 0) is 6.42 Å². The van der Waals surface area contributed by atoms with E-state index in [9.17, 15) is 14.9 Å². The molecule has 0 radical (unpaired) electrons. The van der Waals surface area contributed by atoms with Crippen molar-refractivity contribution in [2.45, 2.75) is 13.3 Å². The number of non-ortho nitro benzene ring substituents is 1. The van der Waals surface area contributed by atoms with Crippen molar-refractivity contribution >= 4 is 11.3 Å². The van der Waals surface area contributed by atoms with Gasteiger partial charge in [0.2, 0.25) is 0 Å². The molecule has 7 heteroatoms. The molecule has 134 valence electrons. The molecule has 0 unspecified atom stereocenters. The predicted octanol–water partition coefficient (Wildman–Crippen LogP) is 3.50. The normalized spacial score (nSPS) is 11.0. The molecule has 0 aliphatic carbocycles. The fourth-order valence-electron chi connectivity index (χ4n) is 3.07. The number of aromatic nitrogens is 3. The Balaban J connectivity index is 1.78. The summed E-state index contributed by atoms with van der Waals surface area (Å²) in [6.07, 6.45) is 0.669. The molecule has 1 N–H and O–H groups in total. The van der Waals surface area contributed by atoms with Gasteiger partial charge in [-0.3, -0.25) is 20.0 Å². The summed E-state index contributed by atoms with van der Waals surface area (Å²) in [4.78, 5) is 27.5. The second-order valence-corrected chi connectivity index (χ2v) is 6.32. The highest BCUT2D eigenvalue weighted by Crippen LogP contribution is 2.22. The number of H-pyrrole nitrogens is 1. The molecular weight excluding hydrogens is 344 g/mol. The molecular formula is C20H16N4O3. The zero-order chi connectivity index (χ0) is 19.0. The van der Waals surface area contributed by atoms with Gasteiger partial charge in [0.15, 0.2) is 5.65 Å². The summed E-state index contributed by atoms with van der Waals surface area (Å²) in [7, 11) is 0. The van der Waals surface area contributed by atoms with Gasteiger partial charge in [0.25, 0.3) is 11.2 Å². The van der Waals surface area contributed by atoms with Gasteiger partial charge >= 0.3 is 0 Å². The molecule has 2 aromatic heterocycles. The molecule has 0 aliphatic heterocycles. The number of benzene rings is 2. The Bertz CT molecular complexity index is 1190. The van der Waals surface area contributed by atoms with Gasteiger partial charge < -0.3 is 0 Å². The third kappa shape index (κ3) is 3.10. The molecule has 0 amide bonds. The van der Waals surface area contributed by atoms with E-state index in [1.54, 1.807) is 12.1 Å². The SMILES string of the molecule is Cc1c(Cc2ccccc2)[nH]n2c(=O)cc(-c3ccc([N+](=O)[O-])cc3)nc12. The van der Waals surface area contributed by atoms with Crippen molar-refractivity contribution in [1.82, 2.24) is 14.6 Å². The number of hydrogen-bond acceptors (Lipinski definition) is 4. The molecule has 27 heavy (non-hydrogen) atoms. The lowest BCUT2D eigenvalue weighted by molar-refractivity contribution is -0.384. The van der Waals surface area contributed by atoms with Crippen LogP contribution in [0.1, 0.15) is 16.8 Å². The molecule has 4 aromatic rings. The number of nitro groups is 1. The van der Waals surface area contributed by atoms with Crippen molar-refractivity contribution in [3.8, 4) is 11.3 Å². The number of fused-ring (bicyclic) bond motifs is 1. The second kappa shape index (κ2) is 6.53. The van der Waals surface area contributed by atoms with Crippen molar-refractivity contribution in [3.63, 3.8) is 0 Å². The van der Waals surface area contributed by atoms with Crippen molar-refractivity contribution < 1.29 is 4.92 Å². The molecule has 0 spiro atoms. The van der Waals surface area contributed by atoms with Crippen LogP contribution in [-0.4, -0.2) is 19.5 Å². The van der Waals surface area contributed by atoms with Gasteiger partial charge in [0.1, 0.15) is 0 Å². The van der Waals surface area contributed by atoms with Crippen LogP contribution in [0.25, 0.3) is 16.9 Å². The molecule has 2 aromatic carbocycles. The standard InChI is InChI=1S/C20H16N4O3/c1-13-17(11-14-5-3-2-4-6-14)22-23-19(25)12-18(21-20(13)23)15-7-9-16(10-8-15)24(26)27/h2-10,12,22H,11H2,1H3. The highest BCUT2D eigenvalue weighted by molar-refractivity contribution is 5.64. The maximum atomic E-state index is 12.5. The number of aryl methyl sites for hydroxylation is 1. The first-order valence-corrected chi connectivity index (χ1v) is 8.43. The lowest BCUT2D eigenvalue weighted by atomic mass is 10.1. The second-order valence-electron chi connectivity index (χ2n) is 6.32. The van der Waals surface area contributed by atoms with Crippen LogP contribution in [0, 0.1) is 17.0 Å². The minimum absolute atomic E-state index is 0.000442. The van der Waals surface area contributed by atoms with Gasteiger partial charge in [-0.05, 0) is 24.6 Å². The third-order valence-corrected chi connectivity index (χ3v) is 4.55. The summed E-state index contributed by atoms with van der Waals surface area (Å²) < 4.78 is 1.43. The number of nitro benzene ring substituents is 1. The van der Waals surface area contributed by atoms with Crippen molar-refractivity contribution in [2.75, 3.05) is 0 Å².